The molecule has 29 heavy (non-hydrogen) atoms. The summed E-state index contributed by atoms with van der Waals surface area (Å²) < 4.78 is 23.4. The molecule has 156 valence electrons. The number of nitrogens with zero attached hydrogens (tertiary/aromatic N) is 3. The van der Waals surface area contributed by atoms with Crippen LogP contribution in [0.3, 0.4) is 0 Å². The Morgan fingerprint density at radius 3 is 2.28 bits per heavy atom. The van der Waals surface area contributed by atoms with Gasteiger partial charge in [0.2, 0.25) is 0 Å². The summed E-state index contributed by atoms with van der Waals surface area (Å²) >= 11 is 0. The first-order valence-electron chi connectivity index (χ1n) is 9.52. The molecule has 3 rings (SSSR count). The first-order chi connectivity index (χ1) is 13.7. The number of sulfone groups is 1. The summed E-state index contributed by atoms with van der Waals surface area (Å²) in [6, 6.07) is 9.89. The molecule has 0 unspecified atom stereocenters. The van der Waals surface area contributed by atoms with Crippen LogP contribution in [0.1, 0.15) is 12.5 Å². The van der Waals surface area contributed by atoms with Gasteiger partial charge in [0.25, 0.3) is 5.69 Å². The van der Waals surface area contributed by atoms with Gasteiger partial charge in [0, 0.05) is 49.9 Å². The molecule has 0 bridgehead atoms. The van der Waals surface area contributed by atoms with Gasteiger partial charge in [0.1, 0.15) is 5.69 Å². The van der Waals surface area contributed by atoms with E-state index in [-0.39, 0.29) is 16.3 Å². The number of nitro groups is 1. The van der Waals surface area contributed by atoms with E-state index in [1.165, 1.54) is 12.1 Å². The maximum Gasteiger partial charge on any atom is 0.293 e. The Labute approximate surface area is 171 Å². The summed E-state index contributed by atoms with van der Waals surface area (Å²) in [4.78, 5) is 15.6. The zero-order chi connectivity index (χ0) is 21.2. The van der Waals surface area contributed by atoms with Gasteiger partial charge in [-0.3, -0.25) is 10.1 Å². The number of nitro benzene ring substituents is 1. The van der Waals surface area contributed by atoms with Crippen molar-refractivity contribution in [2.75, 3.05) is 49.2 Å². The number of likely N-dealkylation sites (N-methyl/N-ethyl adjacent to an activating group) is 1. The van der Waals surface area contributed by atoms with Crippen LogP contribution in [0.4, 0.5) is 22.7 Å². The van der Waals surface area contributed by atoms with E-state index in [0.29, 0.717) is 0 Å². The molecule has 8 nitrogen and oxygen atoms in total. The lowest BCUT2D eigenvalue weighted by Gasteiger charge is -2.35. The van der Waals surface area contributed by atoms with Crippen molar-refractivity contribution in [1.82, 2.24) is 4.90 Å². The van der Waals surface area contributed by atoms with Crippen molar-refractivity contribution in [3.8, 4) is 0 Å². The molecule has 1 heterocycles. The van der Waals surface area contributed by atoms with Gasteiger partial charge in [-0.2, -0.15) is 0 Å². The Morgan fingerprint density at radius 1 is 1.07 bits per heavy atom. The molecule has 0 aliphatic carbocycles. The minimum absolute atomic E-state index is 0.0759. The number of anilines is 3. The van der Waals surface area contributed by atoms with Gasteiger partial charge in [-0.15, -0.1) is 0 Å². The fraction of sp³-hybridized carbons (Fsp3) is 0.400. The fourth-order valence-electron chi connectivity index (χ4n) is 3.45. The largest absolute Gasteiger partial charge is 0.369 e. The average Bonchev–Trinajstić information content (AvgIpc) is 2.69. The van der Waals surface area contributed by atoms with Gasteiger partial charge in [-0.1, -0.05) is 6.92 Å². The molecule has 1 N–H and O–H groups in total. The monoisotopic (exact) mass is 418 g/mol. The van der Waals surface area contributed by atoms with Crippen LogP contribution in [-0.2, 0) is 9.84 Å². The third-order valence-electron chi connectivity index (χ3n) is 5.26. The number of hydrogen-bond acceptors (Lipinski definition) is 7. The van der Waals surface area contributed by atoms with E-state index in [1.54, 1.807) is 0 Å². The maximum atomic E-state index is 11.7. The molecule has 2 aromatic carbocycles. The molecule has 2 aromatic rings. The topological polar surface area (TPSA) is 95.8 Å². The fourth-order valence-corrected chi connectivity index (χ4v) is 4.09. The van der Waals surface area contributed by atoms with Crippen LogP contribution < -0.4 is 10.2 Å². The molecule has 0 amide bonds. The van der Waals surface area contributed by atoms with Crippen molar-refractivity contribution in [1.29, 1.82) is 0 Å². The number of hydrogen-bond donors (Lipinski definition) is 1. The molecular weight excluding hydrogens is 392 g/mol. The van der Waals surface area contributed by atoms with Crippen LogP contribution >= 0.6 is 0 Å². The van der Waals surface area contributed by atoms with Gasteiger partial charge in [0.15, 0.2) is 9.84 Å². The second-order valence-corrected chi connectivity index (χ2v) is 9.27. The third-order valence-corrected chi connectivity index (χ3v) is 6.37. The Morgan fingerprint density at radius 2 is 1.72 bits per heavy atom. The van der Waals surface area contributed by atoms with E-state index in [9.17, 15) is 18.5 Å². The van der Waals surface area contributed by atoms with E-state index >= 15 is 0 Å². The molecule has 0 atom stereocenters. The minimum Gasteiger partial charge on any atom is -0.369 e. The van der Waals surface area contributed by atoms with Crippen LogP contribution in [0.25, 0.3) is 0 Å². The summed E-state index contributed by atoms with van der Waals surface area (Å²) in [5.41, 5.74) is 2.82. The first-order valence-corrected chi connectivity index (χ1v) is 11.4. The predicted octanol–water partition coefficient (Wildman–Crippen LogP) is 3.19. The van der Waals surface area contributed by atoms with Gasteiger partial charge in [-0.05, 0) is 49.4 Å². The van der Waals surface area contributed by atoms with Crippen LogP contribution in [0.2, 0.25) is 0 Å². The average molecular weight is 419 g/mol. The molecule has 0 radical (unpaired) electrons. The standard InChI is InChI=1S/C20H26N4O4S/c1-4-22-9-11-23(12-10-22)16-5-7-18(15(2)13-16)21-19-8-6-17(29(3,27)28)14-20(19)24(25)26/h5-8,13-14,21H,4,9-12H2,1-3H3. The van der Waals surface area contributed by atoms with E-state index in [4.69, 9.17) is 0 Å². The number of piperazine rings is 1. The lowest BCUT2D eigenvalue weighted by atomic mass is 10.1. The molecular formula is C20H26N4O4S. The summed E-state index contributed by atoms with van der Waals surface area (Å²) in [7, 11) is -3.52. The molecule has 1 aliphatic rings. The first kappa shape index (κ1) is 21.1. The maximum absolute atomic E-state index is 11.7. The summed E-state index contributed by atoms with van der Waals surface area (Å²) in [5, 5.41) is 14.5. The van der Waals surface area contributed by atoms with Crippen LogP contribution in [0.15, 0.2) is 41.3 Å². The molecule has 0 aromatic heterocycles. The highest BCUT2D eigenvalue weighted by Gasteiger charge is 2.20. The Balaban J connectivity index is 1.83. The minimum atomic E-state index is -3.52. The van der Waals surface area contributed by atoms with Crippen molar-refractivity contribution in [3.63, 3.8) is 0 Å². The smallest absolute Gasteiger partial charge is 0.293 e. The number of nitrogens with one attached hydrogen (secondary N) is 1. The van der Waals surface area contributed by atoms with E-state index in [2.05, 4.69) is 28.1 Å². The molecule has 0 saturated carbocycles. The molecule has 9 heteroatoms. The van der Waals surface area contributed by atoms with Crippen LogP contribution in [-0.4, -0.2) is 57.2 Å². The summed E-state index contributed by atoms with van der Waals surface area (Å²) in [6.45, 7) is 9.19. The number of benzene rings is 2. The molecule has 0 spiro atoms. The van der Waals surface area contributed by atoms with Gasteiger partial charge >= 0.3 is 0 Å². The Kier molecular flexibility index (Phi) is 6.09. The normalized spacial score (nSPS) is 15.3. The molecule has 1 saturated heterocycles. The van der Waals surface area contributed by atoms with Gasteiger partial charge in [0.05, 0.1) is 9.82 Å². The molecule has 1 aliphatic heterocycles. The van der Waals surface area contributed by atoms with E-state index in [1.807, 2.05) is 19.1 Å². The summed E-state index contributed by atoms with van der Waals surface area (Å²) in [6.07, 6.45) is 1.03. The highest BCUT2D eigenvalue weighted by Crippen LogP contribution is 2.32. The summed E-state index contributed by atoms with van der Waals surface area (Å²) in [5.74, 6) is 0. The van der Waals surface area contributed by atoms with Crippen molar-refractivity contribution in [2.24, 2.45) is 0 Å². The molecule has 1 fully saturated rings. The lowest BCUT2D eigenvalue weighted by molar-refractivity contribution is -0.384. The SMILES string of the molecule is CCN1CCN(c2ccc(Nc3ccc(S(C)(=O)=O)cc3[N+](=O)[O-])c(C)c2)CC1. The predicted molar refractivity (Wildman–Crippen MR) is 115 cm³/mol. The van der Waals surface area contributed by atoms with Gasteiger partial charge < -0.3 is 15.1 Å². The van der Waals surface area contributed by atoms with Crippen molar-refractivity contribution >= 4 is 32.6 Å². The number of aryl methyl sites for hydroxylation is 1. The zero-order valence-electron chi connectivity index (χ0n) is 16.9. The van der Waals surface area contributed by atoms with E-state index < -0.39 is 14.8 Å². The van der Waals surface area contributed by atoms with Crippen molar-refractivity contribution in [2.45, 2.75) is 18.7 Å². The Bertz CT molecular complexity index is 1020. The van der Waals surface area contributed by atoms with Crippen molar-refractivity contribution in [3.05, 3.63) is 52.1 Å². The van der Waals surface area contributed by atoms with Crippen molar-refractivity contribution < 1.29 is 13.3 Å². The highest BCUT2D eigenvalue weighted by molar-refractivity contribution is 7.90. The quantitative estimate of drug-likeness (QED) is 0.568. The second-order valence-electron chi connectivity index (χ2n) is 7.25. The second kappa shape index (κ2) is 8.38. The van der Waals surface area contributed by atoms with Gasteiger partial charge in [-0.25, -0.2) is 8.42 Å². The van der Waals surface area contributed by atoms with E-state index in [0.717, 1.165) is 62.0 Å². The zero-order valence-corrected chi connectivity index (χ0v) is 17.7. The Hall–Kier alpha value is -2.65. The van der Waals surface area contributed by atoms with Crippen LogP contribution in [0.5, 0.6) is 0 Å². The number of rotatable bonds is 6. The third kappa shape index (κ3) is 4.86. The lowest BCUT2D eigenvalue weighted by Crippen LogP contribution is -2.46. The van der Waals surface area contributed by atoms with Crippen LogP contribution in [0, 0.1) is 17.0 Å². The highest BCUT2D eigenvalue weighted by atomic mass is 32.2.